The molecule has 0 aliphatic rings. The lowest BCUT2D eigenvalue weighted by molar-refractivity contribution is 0.895. The minimum Gasteiger partial charge on any atom is -0.340 e. The van der Waals surface area contributed by atoms with Crippen LogP contribution in [0.1, 0.15) is 5.69 Å². The molecule has 29 heavy (non-hydrogen) atoms. The Morgan fingerprint density at radius 3 is 2.48 bits per heavy atom. The molecule has 0 atom stereocenters. The second-order valence-electron chi connectivity index (χ2n) is 6.58. The van der Waals surface area contributed by atoms with Gasteiger partial charge in [-0.2, -0.15) is 5.10 Å². The topological polar surface area (TPSA) is 81.4 Å². The fourth-order valence-corrected chi connectivity index (χ4v) is 3.13. The number of nitrogens with zero attached hydrogens (tertiary/aromatic N) is 6. The van der Waals surface area contributed by atoms with Crippen molar-refractivity contribution in [3.05, 3.63) is 85.1 Å². The Balaban J connectivity index is 1.46. The Morgan fingerprint density at radius 1 is 0.862 bits per heavy atom. The maximum Gasteiger partial charge on any atom is 0.168 e. The number of fused-ring (bicyclic) bond motifs is 1. The minimum absolute atomic E-state index is 0.705. The molecule has 7 heteroatoms. The molecule has 140 valence electrons. The lowest BCUT2D eigenvalue weighted by Gasteiger charge is -2.08. The van der Waals surface area contributed by atoms with Gasteiger partial charge in [0.05, 0.1) is 17.3 Å². The van der Waals surface area contributed by atoms with Crippen molar-refractivity contribution >= 4 is 22.5 Å². The molecule has 0 saturated heterocycles. The van der Waals surface area contributed by atoms with E-state index in [0.29, 0.717) is 11.6 Å². The van der Waals surface area contributed by atoms with E-state index in [2.05, 4.69) is 30.4 Å². The fourth-order valence-electron chi connectivity index (χ4n) is 3.13. The van der Waals surface area contributed by atoms with Gasteiger partial charge in [0.25, 0.3) is 0 Å². The Bertz CT molecular complexity index is 1280. The largest absolute Gasteiger partial charge is 0.340 e. The van der Waals surface area contributed by atoms with Gasteiger partial charge in [0.1, 0.15) is 12.1 Å². The number of benzene rings is 2. The van der Waals surface area contributed by atoms with E-state index in [1.54, 1.807) is 23.4 Å². The molecule has 0 aliphatic heterocycles. The van der Waals surface area contributed by atoms with Crippen molar-refractivity contribution in [2.75, 3.05) is 5.32 Å². The number of aryl methyl sites for hydroxylation is 1. The van der Waals surface area contributed by atoms with Crippen LogP contribution in [0, 0.1) is 6.92 Å². The molecule has 0 spiro atoms. The van der Waals surface area contributed by atoms with Crippen LogP contribution >= 0.6 is 0 Å². The lowest BCUT2D eigenvalue weighted by Crippen LogP contribution is -1.99. The SMILES string of the molecule is Cc1ccnc(-c2ccc(Nc3ncnc4c3cnn4-c3ccccc3)cc2)n1. The first kappa shape index (κ1) is 17.0. The van der Waals surface area contributed by atoms with E-state index in [1.165, 1.54) is 0 Å². The average Bonchev–Trinajstić information content (AvgIpc) is 3.20. The van der Waals surface area contributed by atoms with Crippen LogP contribution in [0.25, 0.3) is 28.1 Å². The van der Waals surface area contributed by atoms with Gasteiger partial charge < -0.3 is 5.32 Å². The van der Waals surface area contributed by atoms with Gasteiger partial charge in [0.2, 0.25) is 0 Å². The molecule has 0 radical (unpaired) electrons. The number of para-hydroxylation sites is 1. The second-order valence-corrected chi connectivity index (χ2v) is 6.58. The molecule has 7 nitrogen and oxygen atoms in total. The zero-order chi connectivity index (χ0) is 19.6. The van der Waals surface area contributed by atoms with Crippen LogP contribution in [0.2, 0.25) is 0 Å². The molecule has 3 aromatic heterocycles. The van der Waals surface area contributed by atoms with Crippen LogP contribution in [0.15, 0.2) is 79.4 Å². The molecule has 1 N–H and O–H groups in total. The number of hydrogen-bond acceptors (Lipinski definition) is 6. The van der Waals surface area contributed by atoms with Crippen molar-refractivity contribution in [3.63, 3.8) is 0 Å². The molecular weight excluding hydrogens is 362 g/mol. The standard InChI is InChI=1S/C22H17N7/c1-15-11-12-23-20(27-15)16-7-9-17(10-8-16)28-21-19-13-26-29(22(19)25-14-24-21)18-5-3-2-4-6-18/h2-14H,1H3,(H,24,25,28). The normalized spacial score (nSPS) is 10.9. The van der Waals surface area contributed by atoms with Gasteiger partial charge in [-0.15, -0.1) is 0 Å². The predicted octanol–water partition coefficient (Wildman–Crippen LogP) is 4.32. The van der Waals surface area contributed by atoms with Crippen LogP contribution < -0.4 is 5.32 Å². The lowest BCUT2D eigenvalue weighted by atomic mass is 10.2. The zero-order valence-corrected chi connectivity index (χ0v) is 15.7. The molecule has 5 rings (SSSR count). The van der Waals surface area contributed by atoms with Crippen molar-refractivity contribution in [1.29, 1.82) is 0 Å². The van der Waals surface area contributed by atoms with Gasteiger partial charge in [0, 0.05) is 23.1 Å². The summed E-state index contributed by atoms with van der Waals surface area (Å²) in [6.45, 7) is 1.96. The van der Waals surface area contributed by atoms with Crippen molar-refractivity contribution in [2.24, 2.45) is 0 Å². The molecule has 0 bridgehead atoms. The van der Waals surface area contributed by atoms with Gasteiger partial charge in [-0.25, -0.2) is 24.6 Å². The van der Waals surface area contributed by atoms with Crippen LogP contribution in [0.5, 0.6) is 0 Å². The Hall–Kier alpha value is -4.13. The minimum atomic E-state index is 0.705. The number of hydrogen-bond donors (Lipinski definition) is 1. The van der Waals surface area contributed by atoms with E-state index >= 15 is 0 Å². The van der Waals surface area contributed by atoms with E-state index in [9.17, 15) is 0 Å². The maximum atomic E-state index is 4.49. The summed E-state index contributed by atoms with van der Waals surface area (Å²) in [6.07, 6.45) is 5.09. The summed E-state index contributed by atoms with van der Waals surface area (Å²) in [7, 11) is 0. The third-order valence-corrected chi connectivity index (χ3v) is 4.57. The smallest absolute Gasteiger partial charge is 0.168 e. The maximum absolute atomic E-state index is 4.49. The summed E-state index contributed by atoms with van der Waals surface area (Å²) in [5.41, 5.74) is 4.52. The molecule has 0 saturated carbocycles. The van der Waals surface area contributed by atoms with Gasteiger partial charge >= 0.3 is 0 Å². The fraction of sp³-hybridized carbons (Fsp3) is 0.0455. The highest BCUT2D eigenvalue weighted by Crippen LogP contribution is 2.25. The molecule has 0 amide bonds. The van der Waals surface area contributed by atoms with E-state index < -0.39 is 0 Å². The van der Waals surface area contributed by atoms with Gasteiger partial charge in [-0.3, -0.25) is 0 Å². The summed E-state index contributed by atoms with van der Waals surface area (Å²) in [4.78, 5) is 17.6. The van der Waals surface area contributed by atoms with Crippen molar-refractivity contribution in [1.82, 2.24) is 29.7 Å². The third-order valence-electron chi connectivity index (χ3n) is 4.57. The zero-order valence-electron chi connectivity index (χ0n) is 15.7. The first-order valence-electron chi connectivity index (χ1n) is 9.19. The second kappa shape index (κ2) is 7.12. The van der Waals surface area contributed by atoms with Crippen molar-refractivity contribution in [3.8, 4) is 17.1 Å². The predicted molar refractivity (Wildman–Crippen MR) is 112 cm³/mol. The van der Waals surface area contributed by atoms with E-state index in [-0.39, 0.29) is 0 Å². The Morgan fingerprint density at radius 2 is 1.69 bits per heavy atom. The monoisotopic (exact) mass is 379 g/mol. The third kappa shape index (κ3) is 3.29. The van der Waals surface area contributed by atoms with E-state index in [4.69, 9.17) is 0 Å². The van der Waals surface area contributed by atoms with Crippen LogP contribution in [-0.2, 0) is 0 Å². The van der Waals surface area contributed by atoms with Crippen LogP contribution in [0.4, 0.5) is 11.5 Å². The molecule has 5 aromatic rings. The number of anilines is 2. The van der Waals surface area contributed by atoms with Gasteiger partial charge in [0.15, 0.2) is 11.5 Å². The number of nitrogens with one attached hydrogen (secondary N) is 1. The average molecular weight is 379 g/mol. The van der Waals surface area contributed by atoms with E-state index in [0.717, 1.165) is 33.7 Å². The molecule has 0 unspecified atom stereocenters. The van der Waals surface area contributed by atoms with Crippen LogP contribution in [-0.4, -0.2) is 29.7 Å². The van der Waals surface area contributed by atoms with Gasteiger partial charge in [-0.1, -0.05) is 18.2 Å². The summed E-state index contributed by atoms with van der Waals surface area (Å²) < 4.78 is 1.81. The highest BCUT2D eigenvalue weighted by molar-refractivity contribution is 5.89. The number of rotatable bonds is 4. The molecule has 0 fully saturated rings. The molecular formula is C22H17N7. The molecule has 0 aliphatic carbocycles. The molecule has 3 heterocycles. The Labute approximate surface area is 167 Å². The summed E-state index contributed by atoms with van der Waals surface area (Å²) >= 11 is 0. The van der Waals surface area contributed by atoms with Crippen molar-refractivity contribution in [2.45, 2.75) is 6.92 Å². The summed E-state index contributed by atoms with van der Waals surface area (Å²) in [5.74, 6) is 1.42. The highest BCUT2D eigenvalue weighted by atomic mass is 15.3. The summed E-state index contributed by atoms with van der Waals surface area (Å²) in [6, 6.07) is 19.7. The van der Waals surface area contributed by atoms with E-state index in [1.807, 2.05) is 67.6 Å². The number of aromatic nitrogens is 6. The first-order chi connectivity index (χ1) is 14.3. The van der Waals surface area contributed by atoms with Gasteiger partial charge in [-0.05, 0) is 49.4 Å². The Kier molecular flexibility index (Phi) is 4.18. The quantitative estimate of drug-likeness (QED) is 0.501. The highest BCUT2D eigenvalue weighted by Gasteiger charge is 2.11. The summed E-state index contributed by atoms with van der Waals surface area (Å²) in [5, 5.41) is 8.69. The first-order valence-corrected chi connectivity index (χ1v) is 9.19. The van der Waals surface area contributed by atoms with Crippen molar-refractivity contribution < 1.29 is 0 Å². The molecule has 2 aromatic carbocycles. The van der Waals surface area contributed by atoms with Crippen LogP contribution in [0.3, 0.4) is 0 Å².